The summed E-state index contributed by atoms with van der Waals surface area (Å²) in [6.45, 7) is -2.50. The molecule has 0 fully saturated rings. The summed E-state index contributed by atoms with van der Waals surface area (Å²) in [6, 6.07) is 4.21. The van der Waals surface area contributed by atoms with Gasteiger partial charge in [0.15, 0.2) is 0 Å². The predicted octanol–water partition coefficient (Wildman–Crippen LogP) is 3.53. The van der Waals surface area contributed by atoms with Gasteiger partial charge in [-0.2, -0.15) is 31.6 Å². The highest BCUT2D eigenvalue weighted by Crippen LogP contribution is 2.36. The van der Waals surface area contributed by atoms with E-state index in [-0.39, 0.29) is 5.56 Å². The van der Waals surface area contributed by atoms with E-state index in [1.165, 1.54) is 0 Å². The average Bonchev–Trinajstić information content (AvgIpc) is 2.36. The smallest absolute Gasteiger partial charge is 0.420 e. The van der Waals surface area contributed by atoms with Gasteiger partial charge in [-0.1, -0.05) is 0 Å². The van der Waals surface area contributed by atoms with Crippen molar-refractivity contribution in [2.45, 2.75) is 12.4 Å². The zero-order chi connectivity index (χ0) is 16.1. The molecule has 9 heteroatoms. The molecule has 1 aromatic carbocycles. The molecule has 0 aliphatic carbocycles. The average molecular weight is 313 g/mol. The van der Waals surface area contributed by atoms with Crippen molar-refractivity contribution < 1.29 is 35.8 Å². The van der Waals surface area contributed by atoms with Crippen LogP contribution in [0, 0.1) is 11.3 Å². The fraction of sp³-hybridized carbons (Fsp3) is 0.417. The van der Waals surface area contributed by atoms with Crippen molar-refractivity contribution in [1.29, 1.82) is 5.26 Å². The van der Waals surface area contributed by atoms with Gasteiger partial charge in [0.1, 0.15) is 19.0 Å². The summed E-state index contributed by atoms with van der Waals surface area (Å²) < 4.78 is 82.4. The monoisotopic (exact) mass is 313 g/mol. The lowest BCUT2D eigenvalue weighted by Gasteiger charge is -2.14. The van der Waals surface area contributed by atoms with Crippen LogP contribution in [0.3, 0.4) is 0 Å². The molecule has 0 amide bonds. The minimum Gasteiger partial charge on any atom is -0.491 e. The summed E-state index contributed by atoms with van der Waals surface area (Å²) in [5.41, 5.74) is -1.37. The van der Waals surface area contributed by atoms with E-state index in [0.29, 0.717) is 6.07 Å². The van der Waals surface area contributed by atoms with Gasteiger partial charge in [0.2, 0.25) is 0 Å². The number of rotatable bonds is 5. The van der Waals surface area contributed by atoms with Crippen LogP contribution in [0.4, 0.5) is 26.3 Å². The molecule has 1 aromatic rings. The molecule has 0 N–H and O–H groups in total. The summed E-state index contributed by atoms with van der Waals surface area (Å²) in [6.07, 6.45) is -9.25. The second-order valence-corrected chi connectivity index (χ2v) is 3.84. The van der Waals surface area contributed by atoms with Gasteiger partial charge in [-0.25, -0.2) is 0 Å². The Labute approximate surface area is 115 Å². The third-order valence-electron chi connectivity index (χ3n) is 2.17. The third kappa shape index (κ3) is 5.91. The quantitative estimate of drug-likeness (QED) is 0.617. The highest BCUT2D eigenvalue weighted by atomic mass is 19.4. The second kappa shape index (κ2) is 6.67. The van der Waals surface area contributed by atoms with Crippen LogP contribution < -0.4 is 4.74 Å². The molecule has 0 aliphatic heterocycles. The Hall–Kier alpha value is -1.95. The van der Waals surface area contributed by atoms with Gasteiger partial charge < -0.3 is 9.47 Å². The van der Waals surface area contributed by atoms with Crippen LogP contribution >= 0.6 is 0 Å². The van der Waals surface area contributed by atoms with Crippen LogP contribution in [-0.4, -0.2) is 26.0 Å². The van der Waals surface area contributed by atoms with E-state index in [2.05, 4.69) is 4.74 Å². The lowest BCUT2D eigenvalue weighted by Crippen LogP contribution is -2.20. The van der Waals surface area contributed by atoms with Gasteiger partial charge >= 0.3 is 12.4 Å². The van der Waals surface area contributed by atoms with Gasteiger partial charge in [0.05, 0.1) is 23.8 Å². The molecular weight excluding hydrogens is 304 g/mol. The number of ether oxygens (including phenoxy) is 2. The first-order valence-corrected chi connectivity index (χ1v) is 5.52. The van der Waals surface area contributed by atoms with Gasteiger partial charge in [-0.05, 0) is 18.2 Å². The Bertz CT molecular complexity index is 518. The maximum atomic E-state index is 12.7. The Morgan fingerprint density at radius 3 is 2.24 bits per heavy atom. The number of benzene rings is 1. The lowest BCUT2D eigenvalue weighted by atomic mass is 10.1. The third-order valence-corrected chi connectivity index (χ3v) is 2.17. The van der Waals surface area contributed by atoms with Gasteiger partial charge in [0.25, 0.3) is 0 Å². The van der Waals surface area contributed by atoms with Crippen LogP contribution in [0.5, 0.6) is 5.75 Å². The topological polar surface area (TPSA) is 42.2 Å². The molecule has 0 saturated carbocycles. The number of nitrogens with zero attached hydrogens (tertiary/aromatic N) is 1. The summed E-state index contributed by atoms with van der Waals surface area (Å²) >= 11 is 0. The van der Waals surface area contributed by atoms with E-state index in [4.69, 9.17) is 10.00 Å². The van der Waals surface area contributed by atoms with Crippen molar-refractivity contribution in [3.05, 3.63) is 29.3 Å². The lowest BCUT2D eigenvalue weighted by molar-refractivity contribution is -0.175. The molecule has 0 spiro atoms. The minimum atomic E-state index is -4.74. The largest absolute Gasteiger partial charge is 0.491 e. The zero-order valence-electron chi connectivity index (χ0n) is 10.4. The molecule has 0 saturated heterocycles. The molecule has 0 aromatic heterocycles. The molecule has 0 unspecified atom stereocenters. The summed E-state index contributed by atoms with van der Waals surface area (Å²) in [5.74, 6) is -0.572. The predicted molar refractivity (Wildman–Crippen MR) is 58.5 cm³/mol. The number of nitriles is 1. The summed E-state index contributed by atoms with van der Waals surface area (Å²) in [5, 5.41) is 8.56. The Kier molecular flexibility index (Phi) is 5.43. The maximum absolute atomic E-state index is 12.7. The molecule has 0 radical (unpaired) electrons. The Morgan fingerprint density at radius 1 is 1.05 bits per heavy atom. The SMILES string of the molecule is N#Cc1ccc(OCCOCC(F)(F)F)c(C(F)(F)F)c1. The normalized spacial score (nSPS) is 12.0. The van der Waals surface area contributed by atoms with E-state index in [1.807, 2.05) is 0 Å². The highest BCUT2D eigenvalue weighted by molar-refractivity contribution is 5.43. The fourth-order valence-corrected chi connectivity index (χ4v) is 1.35. The van der Waals surface area contributed by atoms with E-state index < -0.39 is 43.5 Å². The van der Waals surface area contributed by atoms with Crippen LogP contribution in [-0.2, 0) is 10.9 Å². The van der Waals surface area contributed by atoms with Crippen molar-refractivity contribution in [2.75, 3.05) is 19.8 Å². The standard InChI is InChI=1S/C12H9F6NO2/c13-11(14,15)7-20-3-4-21-10-2-1-8(6-19)5-9(10)12(16,17)18/h1-2,5H,3-4,7H2. The minimum absolute atomic E-state index is 0.206. The molecule has 0 heterocycles. The molecule has 1 rings (SSSR count). The van der Waals surface area contributed by atoms with Gasteiger partial charge in [-0.15, -0.1) is 0 Å². The molecule has 0 bridgehead atoms. The first-order valence-electron chi connectivity index (χ1n) is 5.52. The number of hydrogen-bond acceptors (Lipinski definition) is 3. The van der Waals surface area contributed by atoms with Crippen molar-refractivity contribution >= 4 is 0 Å². The fourth-order valence-electron chi connectivity index (χ4n) is 1.35. The van der Waals surface area contributed by atoms with Crippen LogP contribution in [0.25, 0.3) is 0 Å². The molecular formula is C12H9F6NO2. The molecule has 3 nitrogen and oxygen atoms in total. The molecule has 0 aliphatic rings. The molecule has 116 valence electrons. The van der Waals surface area contributed by atoms with E-state index >= 15 is 0 Å². The summed E-state index contributed by atoms with van der Waals surface area (Å²) in [7, 11) is 0. The molecule has 21 heavy (non-hydrogen) atoms. The van der Waals surface area contributed by atoms with E-state index in [1.54, 1.807) is 6.07 Å². The van der Waals surface area contributed by atoms with E-state index in [0.717, 1.165) is 12.1 Å². The van der Waals surface area contributed by atoms with Crippen LogP contribution in [0.2, 0.25) is 0 Å². The number of hydrogen-bond donors (Lipinski definition) is 0. The Morgan fingerprint density at radius 2 is 1.71 bits per heavy atom. The maximum Gasteiger partial charge on any atom is 0.420 e. The number of halogens is 6. The second-order valence-electron chi connectivity index (χ2n) is 3.84. The van der Waals surface area contributed by atoms with E-state index in [9.17, 15) is 26.3 Å². The van der Waals surface area contributed by atoms with Gasteiger partial charge in [-0.3, -0.25) is 0 Å². The van der Waals surface area contributed by atoms with Crippen LogP contribution in [0.1, 0.15) is 11.1 Å². The number of alkyl halides is 6. The first-order chi connectivity index (χ1) is 9.63. The zero-order valence-corrected chi connectivity index (χ0v) is 10.4. The van der Waals surface area contributed by atoms with Crippen molar-refractivity contribution in [2.24, 2.45) is 0 Å². The van der Waals surface area contributed by atoms with Crippen molar-refractivity contribution in [3.8, 4) is 11.8 Å². The van der Waals surface area contributed by atoms with Crippen molar-refractivity contribution in [3.63, 3.8) is 0 Å². The molecule has 0 atom stereocenters. The van der Waals surface area contributed by atoms with Crippen molar-refractivity contribution in [1.82, 2.24) is 0 Å². The summed E-state index contributed by atoms with van der Waals surface area (Å²) in [4.78, 5) is 0. The highest BCUT2D eigenvalue weighted by Gasteiger charge is 2.34. The van der Waals surface area contributed by atoms with Crippen LogP contribution in [0.15, 0.2) is 18.2 Å². The van der Waals surface area contributed by atoms with Gasteiger partial charge in [0, 0.05) is 0 Å². The first kappa shape index (κ1) is 17.1. The Balaban J connectivity index is 2.65.